The summed E-state index contributed by atoms with van der Waals surface area (Å²) in [5.41, 5.74) is 2.40. The van der Waals surface area contributed by atoms with Gasteiger partial charge in [-0.05, 0) is 37.5 Å². The van der Waals surface area contributed by atoms with Gasteiger partial charge >= 0.3 is 0 Å². The molecule has 2 fully saturated rings. The first-order valence-corrected chi connectivity index (χ1v) is 10.3. The molecule has 1 aromatic rings. The lowest BCUT2D eigenvalue weighted by Crippen LogP contribution is -2.52. The summed E-state index contributed by atoms with van der Waals surface area (Å²) in [6.07, 6.45) is 2.91. The van der Waals surface area contributed by atoms with Crippen LogP contribution in [-0.4, -0.2) is 68.6 Å². The van der Waals surface area contributed by atoms with Crippen molar-refractivity contribution in [2.24, 2.45) is 0 Å². The van der Waals surface area contributed by atoms with Gasteiger partial charge in [-0.15, -0.1) is 0 Å². The van der Waals surface area contributed by atoms with Gasteiger partial charge in [-0.3, -0.25) is 4.79 Å². The fourth-order valence-electron chi connectivity index (χ4n) is 3.15. The molecule has 0 N–H and O–H groups in total. The van der Waals surface area contributed by atoms with Crippen molar-refractivity contribution in [1.29, 1.82) is 0 Å². The zero-order valence-electron chi connectivity index (χ0n) is 14.3. The third kappa shape index (κ3) is 4.08. The van der Waals surface area contributed by atoms with E-state index in [0.29, 0.717) is 13.1 Å². The smallest absolute Gasteiger partial charge is 0.238 e. The maximum atomic E-state index is 12.5. The van der Waals surface area contributed by atoms with E-state index in [-0.39, 0.29) is 18.5 Å². The SMILES string of the molecule is Cc1cccc(N2CCN(C(=O)CN(C3CC3)S(C)(=O)=O)CC2)c1. The van der Waals surface area contributed by atoms with Crippen LogP contribution in [0.4, 0.5) is 5.69 Å². The average Bonchev–Trinajstić information content (AvgIpc) is 3.36. The van der Waals surface area contributed by atoms with Crippen LogP contribution < -0.4 is 4.90 Å². The molecule has 0 atom stereocenters. The Morgan fingerprint density at radius 1 is 1.21 bits per heavy atom. The topological polar surface area (TPSA) is 60.9 Å². The lowest BCUT2D eigenvalue weighted by atomic mass is 10.2. The number of benzene rings is 1. The molecule has 0 radical (unpaired) electrons. The predicted octanol–water partition coefficient (Wildman–Crippen LogP) is 1.07. The Morgan fingerprint density at radius 2 is 1.88 bits per heavy atom. The molecule has 0 spiro atoms. The largest absolute Gasteiger partial charge is 0.368 e. The van der Waals surface area contributed by atoms with E-state index >= 15 is 0 Å². The lowest BCUT2D eigenvalue weighted by molar-refractivity contribution is -0.131. The molecule has 2 aliphatic rings. The number of nitrogens with zero attached hydrogens (tertiary/aromatic N) is 3. The third-order valence-corrected chi connectivity index (χ3v) is 5.95. The van der Waals surface area contributed by atoms with Crippen molar-refractivity contribution in [3.63, 3.8) is 0 Å². The van der Waals surface area contributed by atoms with Gasteiger partial charge in [-0.1, -0.05) is 12.1 Å². The van der Waals surface area contributed by atoms with Crippen molar-refractivity contribution in [3.8, 4) is 0 Å². The van der Waals surface area contributed by atoms with Gasteiger partial charge in [0.05, 0.1) is 12.8 Å². The monoisotopic (exact) mass is 351 g/mol. The van der Waals surface area contributed by atoms with Gasteiger partial charge in [0.15, 0.2) is 0 Å². The number of amides is 1. The minimum Gasteiger partial charge on any atom is -0.368 e. The Bertz CT molecular complexity index is 708. The molecule has 6 nitrogen and oxygen atoms in total. The van der Waals surface area contributed by atoms with E-state index in [1.807, 2.05) is 6.07 Å². The molecule has 1 saturated heterocycles. The summed E-state index contributed by atoms with van der Waals surface area (Å²) in [6.45, 7) is 4.87. The van der Waals surface area contributed by atoms with Gasteiger partial charge in [0.25, 0.3) is 0 Å². The van der Waals surface area contributed by atoms with Gasteiger partial charge in [0.1, 0.15) is 0 Å². The number of hydrogen-bond acceptors (Lipinski definition) is 4. The van der Waals surface area contributed by atoms with Crippen LogP contribution in [0.1, 0.15) is 18.4 Å². The molecule has 24 heavy (non-hydrogen) atoms. The first kappa shape index (κ1) is 17.2. The molecule has 0 aromatic heterocycles. The molecule has 7 heteroatoms. The normalized spacial score (nSPS) is 19.0. The van der Waals surface area contributed by atoms with Gasteiger partial charge < -0.3 is 9.80 Å². The highest BCUT2D eigenvalue weighted by atomic mass is 32.2. The zero-order chi connectivity index (χ0) is 17.3. The Kier molecular flexibility index (Phi) is 4.83. The molecule has 1 aliphatic carbocycles. The van der Waals surface area contributed by atoms with Crippen LogP contribution in [0, 0.1) is 6.92 Å². The van der Waals surface area contributed by atoms with Crippen LogP contribution in [0.25, 0.3) is 0 Å². The fourth-order valence-corrected chi connectivity index (χ4v) is 4.25. The molecule has 3 rings (SSSR count). The highest BCUT2D eigenvalue weighted by Gasteiger charge is 2.37. The van der Waals surface area contributed by atoms with Crippen LogP contribution in [0.15, 0.2) is 24.3 Å². The Balaban J connectivity index is 1.57. The number of rotatable bonds is 5. The molecular formula is C17H25N3O3S. The summed E-state index contributed by atoms with van der Waals surface area (Å²) in [6, 6.07) is 8.37. The average molecular weight is 351 g/mol. The Labute approximate surface area is 144 Å². The van der Waals surface area contributed by atoms with E-state index in [9.17, 15) is 13.2 Å². The molecule has 132 valence electrons. The van der Waals surface area contributed by atoms with E-state index in [1.54, 1.807) is 4.90 Å². The highest BCUT2D eigenvalue weighted by Crippen LogP contribution is 2.28. The van der Waals surface area contributed by atoms with Crippen molar-refractivity contribution in [3.05, 3.63) is 29.8 Å². The van der Waals surface area contributed by atoms with E-state index in [1.165, 1.54) is 21.8 Å². The number of sulfonamides is 1. The number of carbonyl (C=O) groups excluding carboxylic acids is 1. The van der Waals surface area contributed by atoms with Crippen LogP contribution >= 0.6 is 0 Å². The zero-order valence-corrected chi connectivity index (χ0v) is 15.1. The number of carbonyl (C=O) groups is 1. The predicted molar refractivity (Wildman–Crippen MR) is 94.5 cm³/mol. The maximum absolute atomic E-state index is 12.5. The molecule has 1 amide bonds. The molecule has 1 aromatic carbocycles. The summed E-state index contributed by atoms with van der Waals surface area (Å²) in [5.74, 6) is -0.0868. The van der Waals surface area contributed by atoms with Crippen molar-refractivity contribution in [2.75, 3.05) is 43.9 Å². The summed E-state index contributed by atoms with van der Waals surface area (Å²) in [5, 5.41) is 0. The minimum atomic E-state index is -3.32. The highest BCUT2D eigenvalue weighted by molar-refractivity contribution is 7.88. The van der Waals surface area contributed by atoms with Crippen molar-refractivity contribution < 1.29 is 13.2 Å². The molecule has 0 unspecified atom stereocenters. The number of anilines is 1. The first-order chi connectivity index (χ1) is 11.3. The maximum Gasteiger partial charge on any atom is 0.238 e. The van der Waals surface area contributed by atoms with E-state index in [0.717, 1.165) is 25.9 Å². The van der Waals surface area contributed by atoms with Gasteiger partial charge in [-0.2, -0.15) is 4.31 Å². The number of piperazine rings is 1. The number of aryl methyl sites for hydroxylation is 1. The summed E-state index contributed by atoms with van der Waals surface area (Å²) >= 11 is 0. The summed E-state index contributed by atoms with van der Waals surface area (Å²) in [7, 11) is -3.32. The molecule has 1 aliphatic heterocycles. The quantitative estimate of drug-likeness (QED) is 0.796. The summed E-state index contributed by atoms with van der Waals surface area (Å²) < 4.78 is 25.1. The van der Waals surface area contributed by atoms with Crippen molar-refractivity contribution >= 4 is 21.6 Å². The Morgan fingerprint density at radius 3 is 2.42 bits per heavy atom. The Hall–Kier alpha value is -1.60. The summed E-state index contributed by atoms with van der Waals surface area (Å²) in [4.78, 5) is 16.5. The van der Waals surface area contributed by atoms with Crippen molar-refractivity contribution in [2.45, 2.75) is 25.8 Å². The molecule has 1 heterocycles. The molecular weight excluding hydrogens is 326 g/mol. The standard InChI is InChI=1S/C17H25N3O3S/c1-14-4-3-5-16(12-14)18-8-10-19(11-9-18)17(21)13-20(15-6-7-15)24(2,22)23/h3-5,12,15H,6-11,13H2,1-2H3. The van der Waals surface area contributed by atoms with Gasteiger partial charge in [0, 0.05) is 37.9 Å². The van der Waals surface area contributed by atoms with E-state index < -0.39 is 10.0 Å². The lowest BCUT2D eigenvalue weighted by Gasteiger charge is -2.37. The second kappa shape index (κ2) is 6.72. The van der Waals surface area contributed by atoms with Gasteiger partial charge in [-0.25, -0.2) is 8.42 Å². The third-order valence-electron chi connectivity index (χ3n) is 4.67. The fraction of sp³-hybridized carbons (Fsp3) is 0.588. The molecule has 1 saturated carbocycles. The second-order valence-corrected chi connectivity index (χ2v) is 8.68. The number of hydrogen-bond donors (Lipinski definition) is 0. The minimum absolute atomic E-state index is 0.0199. The van der Waals surface area contributed by atoms with Gasteiger partial charge in [0.2, 0.25) is 15.9 Å². The van der Waals surface area contributed by atoms with Crippen LogP contribution in [0.2, 0.25) is 0 Å². The van der Waals surface area contributed by atoms with E-state index in [2.05, 4.69) is 30.0 Å². The first-order valence-electron chi connectivity index (χ1n) is 8.41. The second-order valence-electron chi connectivity index (χ2n) is 6.75. The van der Waals surface area contributed by atoms with Crippen LogP contribution in [0.3, 0.4) is 0 Å². The van der Waals surface area contributed by atoms with Crippen molar-refractivity contribution in [1.82, 2.24) is 9.21 Å². The van der Waals surface area contributed by atoms with Crippen LogP contribution in [-0.2, 0) is 14.8 Å². The van der Waals surface area contributed by atoms with E-state index in [4.69, 9.17) is 0 Å². The van der Waals surface area contributed by atoms with Crippen LogP contribution in [0.5, 0.6) is 0 Å². The molecule has 0 bridgehead atoms.